The van der Waals surface area contributed by atoms with Crippen LogP contribution in [0.1, 0.15) is 12.5 Å². The number of carbonyl (C=O) groups is 1. The molecular weight excluding hydrogens is 428 g/mol. The molecule has 29 heavy (non-hydrogen) atoms. The number of hydrogen-bond donors (Lipinski definition) is 1. The average molecular weight is 449 g/mol. The third kappa shape index (κ3) is 5.14. The Morgan fingerprint density at radius 1 is 1.10 bits per heavy atom. The van der Waals surface area contributed by atoms with E-state index in [1.807, 2.05) is 13.0 Å². The molecular formula is C19H20N4O3S3. The topological polar surface area (TPSA) is 92.3 Å². The van der Waals surface area contributed by atoms with Gasteiger partial charge in [0.25, 0.3) is 10.0 Å². The minimum absolute atomic E-state index is 0.119. The zero-order valence-corrected chi connectivity index (χ0v) is 18.4. The number of rotatable bonds is 8. The molecule has 0 unspecified atom stereocenters. The molecule has 0 spiro atoms. The Bertz CT molecular complexity index is 1080. The standard InChI is InChI=1S/C19H20N4O3S3/c1-3-27-19-22-21-18(28-19)20-17(24)13-23(16-12-8-7-9-14(16)2)29(25,26)15-10-5-4-6-11-15/h4-12H,3,13H2,1-2H3,(H,20,21,24). The van der Waals surface area contributed by atoms with E-state index >= 15 is 0 Å². The predicted molar refractivity (Wildman–Crippen MR) is 117 cm³/mol. The van der Waals surface area contributed by atoms with E-state index in [9.17, 15) is 13.2 Å². The van der Waals surface area contributed by atoms with Crippen LogP contribution in [0, 0.1) is 6.92 Å². The zero-order chi connectivity index (χ0) is 20.9. The Morgan fingerprint density at radius 2 is 1.79 bits per heavy atom. The fourth-order valence-corrected chi connectivity index (χ4v) is 5.77. The van der Waals surface area contributed by atoms with Crippen LogP contribution < -0.4 is 9.62 Å². The summed E-state index contributed by atoms with van der Waals surface area (Å²) in [6.07, 6.45) is 0. The Balaban J connectivity index is 1.89. The first-order valence-electron chi connectivity index (χ1n) is 8.81. The molecule has 3 aromatic rings. The highest BCUT2D eigenvalue weighted by atomic mass is 32.2. The smallest absolute Gasteiger partial charge is 0.264 e. The van der Waals surface area contributed by atoms with Crippen molar-refractivity contribution in [2.24, 2.45) is 0 Å². The molecule has 7 nitrogen and oxygen atoms in total. The molecule has 0 radical (unpaired) electrons. The summed E-state index contributed by atoms with van der Waals surface area (Å²) in [5, 5.41) is 10.9. The highest BCUT2D eigenvalue weighted by Crippen LogP contribution is 2.28. The van der Waals surface area contributed by atoms with Gasteiger partial charge in [-0.2, -0.15) is 0 Å². The highest BCUT2D eigenvalue weighted by molar-refractivity contribution is 8.01. The number of nitrogens with one attached hydrogen (secondary N) is 1. The molecule has 1 heterocycles. The van der Waals surface area contributed by atoms with Crippen LogP contribution in [-0.4, -0.2) is 36.8 Å². The minimum atomic E-state index is -3.93. The zero-order valence-electron chi connectivity index (χ0n) is 15.9. The average Bonchev–Trinajstić information content (AvgIpc) is 3.14. The molecule has 0 fully saturated rings. The van der Waals surface area contributed by atoms with E-state index in [1.54, 1.807) is 43.3 Å². The Morgan fingerprint density at radius 3 is 2.48 bits per heavy atom. The van der Waals surface area contributed by atoms with Crippen LogP contribution in [0.3, 0.4) is 0 Å². The lowest BCUT2D eigenvalue weighted by molar-refractivity contribution is -0.114. The molecule has 0 atom stereocenters. The minimum Gasteiger partial charge on any atom is -0.299 e. The molecule has 0 bridgehead atoms. The number of carbonyl (C=O) groups excluding carboxylic acids is 1. The van der Waals surface area contributed by atoms with Crippen molar-refractivity contribution in [3.63, 3.8) is 0 Å². The Hall–Kier alpha value is -2.43. The Labute approximate surface area is 178 Å². The van der Waals surface area contributed by atoms with Crippen LogP contribution in [0.15, 0.2) is 63.8 Å². The lowest BCUT2D eigenvalue weighted by atomic mass is 10.2. The van der Waals surface area contributed by atoms with E-state index in [2.05, 4.69) is 15.5 Å². The number of nitrogens with zero attached hydrogens (tertiary/aromatic N) is 3. The summed E-state index contributed by atoms with van der Waals surface area (Å²) in [5.41, 5.74) is 1.20. The van der Waals surface area contributed by atoms with Gasteiger partial charge in [-0.1, -0.05) is 66.4 Å². The third-order valence-electron chi connectivity index (χ3n) is 3.92. The van der Waals surface area contributed by atoms with E-state index in [-0.39, 0.29) is 11.4 Å². The first-order chi connectivity index (χ1) is 13.9. The van der Waals surface area contributed by atoms with Crippen LogP contribution >= 0.6 is 23.1 Å². The number of aromatic nitrogens is 2. The second-order valence-electron chi connectivity index (χ2n) is 5.97. The summed E-state index contributed by atoms with van der Waals surface area (Å²) >= 11 is 2.78. The SMILES string of the molecule is CCSc1nnc(NC(=O)CN(c2ccccc2C)S(=O)(=O)c2ccccc2)s1. The van der Waals surface area contributed by atoms with E-state index in [4.69, 9.17) is 0 Å². The fourth-order valence-electron chi connectivity index (χ4n) is 2.59. The van der Waals surface area contributed by atoms with Gasteiger partial charge in [0.05, 0.1) is 10.6 Å². The van der Waals surface area contributed by atoms with E-state index in [0.29, 0.717) is 10.8 Å². The number of amides is 1. The molecule has 0 aliphatic rings. The number of hydrogen-bond acceptors (Lipinski definition) is 7. The van der Waals surface area contributed by atoms with Gasteiger partial charge in [0, 0.05) is 0 Å². The van der Waals surface area contributed by atoms with Crippen molar-refractivity contribution in [1.29, 1.82) is 0 Å². The van der Waals surface area contributed by atoms with Crippen molar-refractivity contribution < 1.29 is 13.2 Å². The van der Waals surface area contributed by atoms with Gasteiger partial charge in [0.1, 0.15) is 6.54 Å². The van der Waals surface area contributed by atoms with Gasteiger partial charge < -0.3 is 0 Å². The Kier molecular flexibility index (Phi) is 6.88. The third-order valence-corrected chi connectivity index (χ3v) is 7.55. The van der Waals surface area contributed by atoms with Crippen molar-refractivity contribution in [3.8, 4) is 0 Å². The lowest BCUT2D eigenvalue weighted by Crippen LogP contribution is -2.38. The van der Waals surface area contributed by atoms with Gasteiger partial charge in [0.15, 0.2) is 4.34 Å². The number of sulfonamides is 1. The monoisotopic (exact) mass is 448 g/mol. The van der Waals surface area contributed by atoms with Gasteiger partial charge in [0.2, 0.25) is 11.0 Å². The van der Waals surface area contributed by atoms with Crippen molar-refractivity contribution in [3.05, 3.63) is 60.2 Å². The molecule has 10 heteroatoms. The summed E-state index contributed by atoms with van der Waals surface area (Å²) in [5.74, 6) is 0.357. The van der Waals surface area contributed by atoms with Crippen molar-refractivity contribution in [1.82, 2.24) is 10.2 Å². The lowest BCUT2D eigenvalue weighted by Gasteiger charge is -2.25. The van der Waals surface area contributed by atoms with Crippen LogP contribution in [0.5, 0.6) is 0 Å². The largest absolute Gasteiger partial charge is 0.299 e. The van der Waals surface area contributed by atoms with Gasteiger partial charge in [-0.05, 0) is 36.4 Å². The molecule has 0 aliphatic carbocycles. The van der Waals surface area contributed by atoms with Gasteiger partial charge in [-0.15, -0.1) is 10.2 Å². The number of para-hydroxylation sites is 1. The van der Waals surface area contributed by atoms with E-state index in [1.165, 1.54) is 35.2 Å². The van der Waals surface area contributed by atoms with Gasteiger partial charge in [-0.3, -0.25) is 14.4 Å². The molecule has 0 saturated heterocycles. The van der Waals surface area contributed by atoms with Crippen molar-refractivity contribution >= 4 is 49.8 Å². The molecule has 152 valence electrons. The van der Waals surface area contributed by atoms with Crippen LogP contribution in [0.25, 0.3) is 0 Å². The number of thioether (sulfide) groups is 1. The summed E-state index contributed by atoms with van der Waals surface area (Å²) < 4.78 is 28.4. The van der Waals surface area contributed by atoms with Gasteiger partial charge >= 0.3 is 0 Å². The summed E-state index contributed by atoms with van der Waals surface area (Å²) in [6, 6.07) is 15.1. The van der Waals surface area contributed by atoms with Gasteiger partial charge in [-0.25, -0.2) is 8.42 Å². The first-order valence-corrected chi connectivity index (χ1v) is 12.1. The molecule has 0 saturated carbocycles. The molecule has 3 rings (SSSR count). The second kappa shape index (κ2) is 9.38. The predicted octanol–water partition coefficient (Wildman–Crippen LogP) is 3.79. The maximum absolute atomic E-state index is 13.3. The number of aryl methyl sites for hydroxylation is 1. The maximum atomic E-state index is 13.3. The molecule has 1 aromatic heterocycles. The van der Waals surface area contributed by atoms with Crippen LogP contribution in [0.4, 0.5) is 10.8 Å². The molecule has 2 aromatic carbocycles. The molecule has 0 aliphatic heterocycles. The van der Waals surface area contributed by atoms with E-state index in [0.717, 1.165) is 20.0 Å². The van der Waals surface area contributed by atoms with E-state index < -0.39 is 15.9 Å². The summed E-state index contributed by atoms with van der Waals surface area (Å²) in [4.78, 5) is 12.8. The van der Waals surface area contributed by atoms with Crippen LogP contribution in [0.2, 0.25) is 0 Å². The van der Waals surface area contributed by atoms with Crippen molar-refractivity contribution in [2.75, 3.05) is 21.9 Å². The van der Waals surface area contributed by atoms with Crippen molar-refractivity contribution in [2.45, 2.75) is 23.1 Å². The summed E-state index contributed by atoms with van der Waals surface area (Å²) in [6.45, 7) is 3.43. The number of anilines is 2. The number of benzene rings is 2. The summed E-state index contributed by atoms with van der Waals surface area (Å²) in [7, 11) is -3.93. The molecule has 1 amide bonds. The quantitative estimate of drug-likeness (QED) is 0.416. The second-order valence-corrected chi connectivity index (χ2v) is 10.3. The highest BCUT2D eigenvalue weighted by Gasteiger charge is 2.28. The van der Waals surface area contributed by atoms with Crippen LogP contribution in [-0.2, 0) is 14.8 Å². The first kappa shape index (κ1) is 21.3. The normalized spacial score (nSPS) is 11.2. The maximum Gasteiger partial charge on any atom is 0.264 e. The molecule has 1 N–H and O–H groups in total. The fraction of sp³-hybridized carbons (Fsp3) is 0.211.